The zero-order valence-corrected chi connectivity index (χ0v) is 14.2. The number of ether oxygens (including phenoxy) is 1. The van der Waals surface area contributed by atoms with E-state index in [1.54, 1.807) is 11.1 Å². The number of rotatable bonds is 4. The molecule has 0 bridgehead atoms. The Morgan fingerprint density at radius 3 is 2.74 bits per heavy atom. The Bertz CT molecular complexity index is 589. The van der Waals surface area contributed by atoms with Crippen molar-refractivity contribution in [1.29, 1.82) is 0 Å². The zero-order chi connectivity index (χ0) is 17.2. The molecule has 7 heteroatoms. The van der Waals surface area contributed by atoms with Gasteiger partial charge in [-0.2, -0.15) is 5.10 Å². The van der Waals surface area contributed by atoms with Gasteiger partial charge in [-0.3, -0.25) is 9.69 Å². The van der Waals surface area contributed by atoms with Crippen LogP contribution in [0.15, 0.2) is 6.20 Å². The molecular formula is C16H25N3O4. The molecule has 0 aromatic carbocycles. The van der Waals surface area contributed by atoms with Gasteiger partial charge < -0.3 is 9.84 Å². The number of aryl methyl sites for hydroxylation is 1. The number of nitrogens with zero attached hydrogens (tertiary/aromatic N) is 3. The van der Waals surface area contributed by atoms with Gasteiger partial charge >= 0.3 is 12.1 Å². The van der Waals surface area contributed by atoms with Crippen molar-refractivity contribution >= 4 is 12.1 Å². The molecule has 0 radical (unpaired) electrons. The summed E-state index contributed by atoms with van der Waals surface area (Å²) < 4.78 is 7.28. The molecule has 7 nitrogen and oxygen atoms in total. The first-order valence-corrected chi connectivity index (χ1v) is 7.93. The van der Waals surface area contributed by atoms with Gasteiger partial charge in [-0.1, -0.05) is 0 Å². The summed E-state index contributed by atoms with van der Waals surface area (Å²) in [6, 6.07) is 0. The molecule has 1 aliphatic heterocycles. The number of aliphatic carboxylic acids is 1. The Balaban J connectivity index is 2.14. The molecular weight excluding hydrogens is 298 g/mol. The van der Waals surface area contributed by atoms with E-state index in [1.807, 2.05) is 32.4 Å². The topological polar surface area (TPSA) is 84.7 Å². The molecule has 1 aromatic rings. The van der Waals surface area contributed by atoms with Crippen molar-refractivity contribution in [2.75, 3.05) is 6.54 Å². The van der Waals surface area contributed by atoms with Crippen LogP contribution in [0.5, 0.6) is 0 Å². The third kappa shape index (κ3) is 4.24. The van der Waals surface area contributed by atoms with Gasteiger partial charge in [0.15, 0.2) is 0 Å². The maximum absolute atomic E-state index is 12.4. The Morgan fingerprint density at radius 2 is 2.13 bits per heavy atom. The normalized spacial score (nSPS) is 18.3. The molecule has 23 heavy (non-hydrogen) atoms. The fourth-order valence-electron chi connectivity index (χ4n) is 2.78. The van der Waals surface area contributed by atoms with E-state index < -0.39 is 11.6 Å². The van der Waals surface area contributed by atoms with Crippen LogP contribution in [0.4, 0.5) is 4.79 Å². The predicted molar refractivity (Wildman–Crippen MR) is 84.1 cm³/mol. The average molecular weight is 323 g/mol. The van der Waals surface area contributed by atoms with Gasteiger partial charge in [0.1, 0.15) is 11.8 Å². The maximum Gasteiger partial charge on any atom is 0.411 e. The van der Waals surface area contributed by atoms with E-state index in [1.165, 1.54) is 0 Å². The first kappa shape index (κ1) is 17.3. The fourth-order valence-corrected chi connectivity index (χ4v) is 2.78. The standard InChI is InChI=1S/C16H25N3O4/c1-11-12(7-8-14(20)21)10-17-19(11)13-6-5-9-18(13)15(22)23-16(2,3)4/h10,13H,5-9H2,1-4H3,(H,20,21). The monoisotopic (exact) mass is 323 g/mol. The van der Waals surface area contributed by atoms with Crippen molar-refractivity contribution in [3.8, 4) is 0 Å². The molecule has 1 aromatic heterocycles. The van der Waals surface area contributed by atoms with Crippen LogP contribution in [0.25, 0.3) is 0 Å². The van der Waals surface area contributed by atoms with Crippen molar-refractivity contribution in [3.63, 3.8) is 0 Å². The minimum absolute atomic E-state index is 0.0764. The summed E-state index contributed by atoms with van der Waals surface area (Å²) >= 11 is 0. The molecule has 1 atom stereocenters. The molecule has 128 valence electrons. The number of carbonyl (C=O) groups is 2. The lowest BCUT2D eigenvalue weighted by atomic mass is 10.1. The van der Waals surface area contributed by atoms with Crippen molar-refractivity contribution in [1.82, 2.24) is 14.7 Å². The van der Waals surface area contributed by atoms with Crippen LogP contribution in [0.1, 0.15) is 57.5 Å². The van der Waals surface area contributed by atoms with E-state index in [2.05, 4.69) is 5.10 Å². The van der Waals surface area contributed by atoms with Crippen molar-refractivity contribution in [2.45, 2.75) is 65.1 Å². The van der Waals surface area contributed by atoms with E-state index in [9.17, 15) is 9.59 Å². The summed E-state index contributed by atoms with van der Waals surface area (Å²) in [5, 5.41) is 13.2. The Kier molecular flexibility index (Phi) is 4.97. The highest BCUT2D eigenvalue weighted by Crippen LogP contribution is 2.30. The Morgan fingerprint density at radius 1 is 1.43 bits per heavy atom. The lowest BCUT2D eigenvalue weighted by molar-refractivity contribution is -0.136. The van der Waals surface area contributed by atoms with Crippen molar-refractivity contribution < 1.29 is 19.4 Å². The summed E-state index contributed by atoms with van der Waals surface area (Å²) in [6.07, 6.45) is 3.44. The molecule has 0 spiro atoms. The highest BCUT2D eigenvalue weighted by Gasteiger charge is 2.34. The summed E-state index contributed by atoms with van der Waals surface area (Å²) in [5.41, 5.74) is 1.28. The number of carboxylic acid groups (broad SMARTS) is 1. The average Bonchev–Trinajstić information content (AvgIpc) is 3.00. The summed E-state index contributed by atoms with van der Waals surface area (Å²) in [7, 11) is 0. The molecule has 2 rings (SSSR count). The molecule has 0 aliphatic carbocycles. The van der Waals surface area contributed by atoms with Gasteiger partial charge in [0, 0.05) is 18.7 Å². The van der Waals surface area contributed by atoms with Crippen LogP contribution in [-0.4, -0.2) is 44.0 Å². The van der Waals surface area contributed by atoms with E-state index >= 15 is 0 Å². The van der Waals surface area contributed by atoms with Gasteiger partial charge in [-0.05, 0) is 52.5 Å². The van der Waals surface area contributed by atoms with Crippen LogP contribution >= 0.6 is 0 Å². The molecule has 2 heterocycles. The van der Waals surface area contributed by atoms with Crippen LogP contribution in [-0.2, 0) is 16.0 Å². The van der Waals surface area contributed by atoms with Gasteiger partial charge in [0.25, 0.3) is 0 Å². The van der Waals surface area contributed by atoms with Crippen LogP contribution < -0.4 is 0 Å². The molecule has 1 saturated heterocycles. The zero-order valence-electron chi connectivity index (χ0n) is 14.2. The Hall–Kier alpha value is -2.05. The molecule has 1 aliphatic rings. The smallest absolute Gasteiger partial charge is 0.411 e. The summed E-state index contributed by atoms with van der Waals surface area (Å²) in [6.45, 7) is 8.09. The number of carbonyl (C=O) groups excluding carboxylic acids is 1. The van der Waals surface area contributed by atoms with Crippen molar-refractivity contribution in [2.24, 2.45) is 0 Å². The number of carboxylic acids is 1. The SMILES string of the molecule is Cc1c(CCC(=O)O)cnn1C1CCCN1C(=O)OC(C)(C)C. The first-order valence-electron chi connectivity index (χ1n) is 7.93. The van der Waals surface area contributed by atoms with Crippen LogP contribution in [0.3, 0.4) is 0 Å². The minimum Gasteiger partial charge on any atom is -0.481 e. The molecule has 1 fully saturated rings. The second-order valence-corrected chi connectivity index (χ2v) is 6.89. The molecule has 1 unspecified atom stereocenters. The second kappa shape index (κ2) is 6.60. The molecule has 0 saturated carbocycles. The van der Waals surface area contributed by atoms with Gasteiger partial charge in [0.2, 0.25) is 0 Å². The lowest BCUT2D eigenvalue weighted by Gasteiger charge is -2.29. The minimum atomic E-state index is -0.826. The van der Waals surface area contributed by atoms with Gasteiger partial charge in [-0.15, -0.1) is 0 Å². The van der Waals surface area contributed by atoms with Gasteiger partial charge in [-0.25, -0.2) is 9.48 Å². The molecule has 1 amide bonds. The molecule has 1 N–H and O–H groups in total. The number of likely N-dealkylation sites (tertiary alicyclic amines) is 1. The first-order chi connectivity index (χ1) is 10.7. The fraction of sp³-hybridized carbons (Fsp3) is 0.688. The highest BCUT2D eigenvalue weighted by molar-refractivity contribution is 5.68. The van der Waals surface area contributed by atoms with Crippen LogP contribution in [0, 0.1) is 6.92 Å². The van der Waals surface area contributed by atoms with Gasteiger partial charge in [0.05, 0.1) is 6.20 Å². The number of hydrogen-bond acceptors (Lipinski definition) is 4. The van der Waals surface area contributed by atoms with E-state index in [4.69, 9.17) is 9.84 Å². The third-order valence-corrected chi connectivity index (χ3v) is 3.89. The number of amides is 1. The number of hydrogen-bond donors (Lipinski definition) is 1. The largest absolute Gasteiger partial charge is 0.481 e. The van der Waals surface area contributed by atoms with Crippen molar-refractivity contribution in [3.05, 3.63) is 17.5 Å². The quantitative estimate of drug-likeness (QED) is 0.921. The third-order valence-electron chi connectivity index (χ3n) is 3.89. The second-order valence-electron chi connectivity index (χ2n) is 6.89. The van der Waals surface area contributed by atoms with Crippen LogP contribution in [0.2, 0.25) is 0 Å². The van der Waals surface area contributed by atoms with E-state index in [0.29, 0.717) is 13.0 Å². The highest BCUT2D eigenvalue weighted by atomic mass is 16.6. The maximum atomic E-state index is 12.4. The predicted octanol–water partition coefficient (Wildman–Crippen LogP) is 2.74. The summed E-state index contributed by atoms with van der Waals surface area (Å²) in [4.78, 5) is 24.8. The van der Waals surface area contributed by atoms with E-state index in [0.717, 1.165) is 24.1 Å². The summed E-state index contributed by atoms with van der Waals surface area (Å²) in [5.74, 6) is -0.826. The Labute approximate surface area is 136 Å². The van der Waals surface area contributed by atoms with E-state index in [-0.39, 0.29) is 18.7 Å². The number of aromatic nitrogens is 2. The lowest BCUT2D eigenvalue weighted by Crippen LogP contribution is -2.38.